The predicted molar refractivity (Wildman–Crippen MR) is 159 cm³/mol. The average molecular weight is 579 g/mol. The highest BCUT2D eigenvalue weighted by Crippen LogP contribution is 2.37. The van der Waals surface area contributed by atoms with E-state index in [1.54, 1.807) is 21.3 Å². The molecule has 8 heteroatoms. The summed E-state index contributed by atoms with van der Waals surface area (Å²) in [5.41, 5.74) is 0.146. The highest BCUT2D eigenvalue weighted by molar-refractivity contribution is 5.70. The number of hydrogen-bond donors (Lipinski definition) is 0. The lowest BCUT2D eigenvalue weighted by Gasteiger charge is -2.36. The molecule has 0 aromatic rings. The van der Waals surface area contributed by atoms with Gasteiger partial charge in [0.1, 0.15) is 17.8 Å². The molecule has 0 spiro atoms. The van der Waals surface area contributed by atoms with Gasteiger partial charge in [-0.2, -0.15) is 0 Å². The predicted octanol–water partition coefficient (Wildman–Crippen LogP) is 5.98. The molecule has 0 aromatic carbocycles. The molecule has 2 rings (SSSR count). The Bertz CT molecular complexity index is 922. The number of carbonyl (C=O) groups is 2. The Kier molecular flexibility index (Phi) is 14.2. The summed E-state index contributed by atoms with van der Waals surface area (Å²) in [4.78, 5) is 24.9. The molecule has 41 heavy (non-hydrogen) atoms. The van der Waals surface area contributed by atoms with Crippen molar-refractivity contribution in [1.29, 1.82) is 0 Å². The molecule has 0 N–H and O–H groups in total. The van der Waals surface area contributed by atoms with E-state index in [-0.39, 0.29) is 48.7 Å². The minimum Gasteiger partial charge on any atom is -0.457 e. The zero-order valence-electron chi connectivity index (χ0n) is 26.9. The van der Waals surface area contributed by atoms with E-state index < -0.39 is 17.8 Å². The van der Waals surface area contributed by atoms with Gasteiger partial charge in [-0.3, -0.25) is 9.59 Å². The summed E-state index contributed by atoms with van der Waals surface area (Å²) in [5.74, 6) is -0.159. The summed E-state index contributed by atoms with van der Waals surface area (Å²) in [6, 6.07) is 0. The minimum absolute atomic E-state index is 0.130. The third-order valence-electron chi connectivity index (χ3n) is 8.66. The van der Waals surface area contributed by atoms with E-state index >= 15 is 0 Å². The topological polar surface area (TPSA) is 92.8 Å². The molecule has 0 bridgehead atoms. The van der Waals surface area contributed by atoms with E-state index in [1.165, 1.54) is 6.92 Å². The van der Waals surface area contributed by atoms with Crippen LogP contribution in [-0.4, -0.2) is 75.5 Å². The van der Waals surface area contributed by atoms with Crippen LogP contribution < -0.4 is 0 Å². The zero-order chi connectivity index (χ0) is 30.7. The molecule has 0 aliphatic carbocycles. The fraction of sp³-hybridized carbons (Fsp3) is 0.758. The van der Waals surface area contributed by atoms with E-state index in [0.717, 1.165) is 18.4 Å². The van der Waals surface area contributed by atoms with Crippen LogP contribution in [0.3, 0.4) is 0 Å². The van der Waals surface area contributed by atoms with Crippen LogP contribution in [0.1, 0.15) is 80.6 Å². The molecule has 2 aliphatic rings. The maximum atomic E-state index is 13.0. The Morgan fingerprint density at radius 1 is 1.20 bits per heavy atom. The molecule has 1 saturated heterocycles. The molecule has 2 heterocycles. The van der Waals surface area contributed by atoms with Crippen LogP contribution in [-0.2, 0) is 38.0 Å². The van der Waals surface area contributed by atoms with Crippen molar-refractivity contribution in [2.45, 2.75) is 123 Å². The molecular weight excluding hydrogens is 524 g/mol. The van der Waals surface area contributed by atoms with Crippen LogP contribution in [0.15, 0.2) is 36.0 Å². The molecule has 234 valence electrons. The molecule has 1 fully saturated rings. The van der Waals surface area contributed by atoms with Gasteiger partial charge in [0.2, 0.25) is 0 Å². The number of ether oxygens (including phenoxy) is 6. The second-order valence-electron chi connectivity index (χ2n) is 12.0. The van der Waals surface area contributed by atoms with Crippen molar-refractivity contribution in [3.05, 3.63) is 36.0 Å². The molecule has 8 nitrogen and oxygen atoms in total. The zero-order valence-corrected chi connectivity index (χ0v) is 26.9. The van der Waals surface area contributed by atoms with E-state index in [4.69, 9.17) is 28.4 Å². The van der Waals surface area contributed by atoms with E-state index in [9.17, 15) is 9.59 Å². The summed E-state index contributed by atoms with van der Waals surface area (Å²) in [5, 5.41) is 0. The molecule has 0 radical (unpaired) electrons. The molecular formula is C33H54O8. The van der Waals surface area contributed by atoms with Gasteiger partial charge in [0, 0.05) is 40.1 Å². The number of epoxide rings is 1. The van der Waals surface area contributed by atoms with E-state index in [0.29, 0.717) is 24.7 Å². The lowest BCUT2D eigenvalue weighted by Crippen LogP contribution is -2.44. The summed E-state index contributed by atoms with van der Waals surface area (Å²) >= 11 is 0. The van der Waals surface area contributed by atoms with Gasteiger partial charge in [-0.15, -0.1) is 0 Å². The number of methoxy groups -OCH3 is 3. The smallest absolute Gasteiger partial charge is 0.309 e. The number of rotatable bonds is 12. The van der Waals surface area contributed by atoms with Gasteiger partial charge < -0.3 is 28.4 Å². The largest absolute Gasteiger partial charge is 0.457 e. The van der Waals surface area contributed by atoms with Gasteiger partial charge in [0.05, 0.1) is 30.8 Å². The lowest BCUT2D eigenvalue weighted by molar-refractivity contribution is -0.161. The Balaban J connectivity index is 2.18. The number of allylic oxidation sites excluding steroid dienone is 3. The van der Waals surface area contributed by atoms with Crippen molar-refractivity contribution in [2.75, 3.05) is 21.3 Å². The van der Waals surface area contributed by atoms with Gasteiger partial charge in [0.25, 0.3) is 0 Å². The molecule has 10 atom stereocenters. The summed E-state index contributed by atoms with van der Waals surface area (Å²) in [7, 11) is 4.96. The first-order valence-corrected chi connectivity index (χ1v) is 15.0. The van der Waals surface area contributed by atoms with Crippen LogP contribution in [0.5, 0.6) is 0 Å². The van der Waals surface area contributed by atoms with E-state index in [1.807, 2.05) is 45.1 Å². The number of carbonyl (C=O) groups excluding carboxylic acids is 2. The molecule has 2 aliphatic heterocycles. The first-order valence-electron chi connectivity index (χ1n) is 15.0. The standard InChI is InChI=1S/C33H54O8/c1-11-27(37-9)24(5)32-28(40-32)19-21(2)13-12-14-22(3)31-23(4)15-16-29(39-25(6)34)33(7,38-10)18-17-26(36-8)20-30(35)41-31/h12-16,21,23-24,26-29,31-32H,11,17-20H2,1-10H3/b13-12+,16-15-,22-14+. The Morgan fingerprint density at radius 2 is 1.90 bits per heavy atom. The molecule has 0 saturated carbocycles. The van der Waals surface area contributed by atoms with E-state index in [2.05, 4.69) is 26.8 Å². The third kappa shape index (κ3) is 10.7. The van der Waals surface area contributed by atoms with Gasteiger partial charge in [-0.1, -0.05) is 52.0 Å². The third-order valence-corrected chi connectivity index (χ3v) is 8.66. The van der Waals surface area contributed by atoms with Crippen LogP contribution in [0.4, 0.5) is 0 Å². The second-order valence-corrected chi connectivity index (χ2v) is 12.0. The number of esters is 2. The highest BCUT2D eigenvalue weighted by Gasteiger charge is 2.45. The number of hydrogen-bond acceptors (Lipinski definition) is 8. The quantitative estimate of drug-likeness (QED) is 0.121. The van der Waals surface area contributed by atoms with Gasteiger partial charge >= 0.3 is 11.9 Å². The van der Waals surface area contributed by atoms with Crippen LogP contribution in [0, 0.1) is 17.8 Å². The number of cyclic esters (lactones) is 1. The van der Waals surface area contributed by atoms with Crippen LogP contribution in [0.25, 0.3) is 0 Å². The summed E-state index contributed by atoms with van der Waals surface area (Å²) in [6.07, 6.45) is 12.4. The monoisotopic (exact) mass is 578 g/mol. The highest BCUT2D eigenvalue weighted by atomic mass is 16.6. The van der Waals surface area contributed by atoms with Crippen molar-refractivity contribution in [1.82, 2.24) is 0 Å². The van der Waals surface area contributed by atoms with Crippen molar-refractivity contribution in [3.63, 3.8) is 0 Å². The molecule has 0 aromatic heterocycles. The summed E-state index contributed by atoms with van der Waals surface area (Å²) < 4.78 is 34.7. The van der Waals surface area contributed by atoms with Gasteiger partial charge in [-0.05, 0) is 57.1 Å². The fourth-order valence-electron chi connectivity index (χ4n) is 5.74. The Morgan fingerprint density at radius 3 is 2.49 bits per heavy atom. The average Bonchev–Trinajstić information content (AvgIpc) is 3.70. The van der Waals surface area contributed by atoms with Gasteiger partial charge in [0.15, 0.2) is 0 Å². The van der Waals surface area contributed by atoms with Crippen molar-refractivity contribution < 1.29 is 38.0 Å². The Hall–Kier alpha value is -2.00. The maximum Gasteiger partial charge on any atom is 0.309 e. The molecule has 0 amide bonds. The lowest BCUT2D eigenvalue weighted by atomic mass is 9.88. The van der Waals surface area contributed by atoms with Crippen molar-refractivity contribution >= 4 is 11.9 Å². The van der Waals surface area contributed by atoms with Crippen LogP contribution >= 0.6 is 0 Å². The van der Waals surface area contributed by atoms with Gasteiger partial charge in [-0.25, -0.2) is 0 Å². The molecule has 10 unspecified atom stereocenters. The van der Waals surface area contributed by atoms with Crippen molar-refractivity contribution in [2.24, 2.45) is 17.8 Å². The maximum absolute atomic E-state index is 13.0. The second kappa shape index (κ2) is 16.6. The van der Waals surface area contributed by atoms with Crippen LogP contribution in [0.2, 0.25) is 0 Å². The Labute approximate surface area is 247 Å². The first kappa shape index (κ1) is 35.2. The normalized spacial score (nSPS) is 34.6. The van der Waals surface area contributed by atoms with Crippen molar-refractivity contribution in [3.8, 4) is 0 Å². The minimum atomic E-state index is -0.774. The SMILES string of the molecule is CCC(OC)C(C)C1OC1CC(C)/C=C/C=C(\C)C1OC(=O)CC(OC)CCC(C)(OC)C(OC(C)=O)/C=C\C1C. The summed E-state index contributed by atoms with van der Waals surface area (Å²) in [6.45, 7) is 13.8. The first-order chi connectivity index (χ1) is 19.4. The fourth-order valence-corrected chi connectivity index (χ4v) is 5.74.